The van der Waals surface area contributed by atoms with Gasteiger partial charge in [0.15, 0.2) is 0 Å². The van der Waals surface area contributed by atoms with Gasteiger partial charge < -0.3 is 11.1 Å². The van der Waals surface area contributed by atoms with Gasteiger partial charge in [0, 0.05) is 12.7 Å². The Hall–Kier alpha value is -1.84. The van der Waals surface area contributed by atoms with Crippen molar-refractivity contribution in [1.29, 1.82) is 0 Å². The molecule has 3 N–H and O–H groups in total. The van der Waals surface area contributed by atoms with Crippen molar-refractivity contribution >= 4 is 11.7 Å². The lowest BCUT2D eigenvalue weighted by molar-refractivity contribution is 0.1000. The van der Waals surface area contributed by atoms with Crippen LogP contribution in [-0.4, -0.2) is 17.4 Å². The summed E-state index contributed by atoms with van der Waals surface area (Å²) in [5.41, 5.74) is 5.46. The molecule has 0 saturated heterocycles. The molecule has 68 valence electrons. The number of nitrogens with one attached hydrogen (secondary N) is 1. The molecular weight excluding hydrogens is 166 g/mol. The smallest absolute Gasteiger partial charge is 0.250 e. The van der Waals surface area contributed by atoms with E-state index in [-0.39, 0.29) is 0 Å². The summed E-state index contributed by atoms with van der Waals surface area (Å²) in [6.07, 6.45) is 3.16. The number of carbonyl (C=O) groups is 1. The molecule has 1 rings (SSSR count). The van der Waals surface area contributed by atoms with Crippen molar-refractivity contribution in [2.24, 2.45) is 5.73 Å². The molecule has 1 heterocycles. The van der Waals surface area contributed by atoms with Crippen LogP contribution in [0.25, 0.3) is 0 Å². The highest BCUT2D eigenvalue weighted by molar-refractivity contribution is 5.92. The number of hydrogen-bond donors (Lipinski definition) is 2. The van der Waals surface area contributed by atoms with E-state index >= 15 is 0 Å². The second-order valence-corrected chi connectivity index (χ2v) is 2.47. The highest BCUT2D eigenvalue weighted by Crippen LogP contribution is 2.03. The van der Waals surface area contributed by atoms with Gasteiger partial charge in [-0.25, -0.2) is 4.98 Å². The quantitative estimate of drug-likeness (QED) is 0.668. The molecule has 1 amide bonds. The number of anilines is 1. The van der Waals surface area contributed by atoms with E-state index in [0.717, 1.165) is 0 Å². The number of rotatable bonds is 4. The van der Waals surface area contributed by atoms with Crippen LogP contribution < -0.4 is 11.1 Å². The Balaban J connectivity index is 2.69. The summed E-state index contributed by atoms with van der Waals surface area (Å²) in [6, 6.07) is 3.32. The number of amides is 1. The van der Waals surface area contributed by atoms with E-state index in [1.54, 1.807) is 18.2 Å². The molecule has 0 aliphatic carbocycles. The molecule has 1 aromatic heterocycles. The molecule has 0 bridgehead atoms. The van der Waals surface area contributed by atoms with E-state index < -0.39 is 5.91 Å². The monoisotopic (exact) mass is 177 g/mol. The zero-order valence-corrected chi connectivity index (χ0v) is 7.16. The summed E-state index contributed by atoms with van der Waals surface area (Å²) in [7, 11) is 0. The van der Waals surface area contributed by atoms with Crippen LogP contribution in [0.2, 0.25) is 0 Å². The number of aromatic nitrogens is 1. The van der Waals surface area contributed by atoms with Gasteiger partial charge in [0.25, 0.3) is 0 Å². The molecular formula is C9H11N3O. The first kappa shape index (κ1) is 9.25. The Morgan fingerprint density at radius 1 is 1.69 bits per heavy atom. The summed E-state index contributed by atoms with van der Waals surface area (Å²) in [5, 5.41) is 2.98. The topological polar surface area (TPSA) is 68.0 Å². The molecule has 0 saturated carbocycles. The second-order valence-electron chi connectivity index (χ2n) is 2.47. The van der Waals surface area contributed by atoms with E-state index in [4.69, 9.17) is 5.73 Å². The van der Waals surface area contributed by atoms with Crippen molar-refractivity contribution in [3.8, 4) is 0 Å². The molecule has 0 fully saturated rings. The van der Waals surface area contributed by atoms with Crippen LogP contribution in [0.3, 0.4) is 0 Å². The molecule has 0 aromatic carbocycles. The van der Waals surface area contributed by atoms with Crippen LogP contribution in [0.15, 0.2) is 31.0 Å². The number of carbonyl (C=O) groups excluding carboxylic acids is 1. The van der Waals surface area contributed by atoms with Gasteiger partial charge >= 0.3 is 0 Å². The summed E-state index contributed by atoms with van der Waals surface area (Å²) < 4.78 is 0. The minimum atomic E-state index is -0.470. The van der Waals surface area contributed by atoms with Crippen molar-refractivity contribution in [3.63, 3.8) is 0 Å². The summed E-state index contributed by atoms with van der Waals surface area (Å²) >= 11 is 0. The number of pyridine rings is 1. The first-order chi connectivity index (χ1) is 6.24. The van der Waals surface area contributed by atoms with E-state index in [2.05, 4.69) is 16.9 Å². The van der Waals surface area contributed by atoms with Gasteiger partial charge in [0.1, 0.15) is 5.82 Å². The number of nitrogens with two attached hydrogens (primary N) is 1. The Morgan fingerprint density at radius 2 is 2.46 bits per heavy atom. The maximum Gasteiger partial charge on any atom is 0.250 e. The predicted molar refractivity (Wildman–Crippen MR) is 51.4 cm³/mol. The van der Waals surface area contributed by atoms with Crippen LogP contribution in [-0.2, 0) is 0 Å². The van der Waals surface area contributed by atoms with Crippen molar-refractivity contribution in [2.75, 3.05) is 11.9 Å². The van der Waals surface area contributed by atoms with Gasteiger partial charge in [-0.2, -0.15) is 0 Å². The number of primary amides is 1. The van der Waals surface area contributed by atoms with Crippen LogP contribution >= 0.6 is 0 Å². The summed E-state index contributed by atoms with van der Waals surface area (Å²) in [4.78, 5) is 14.6. The van der Waals surface area contributed by atoms with E-state index in [9.17, 15) is 4.79 Å². The van der Waals surface area contributed by atoms with Gasteiger partial charge in [0.05, 0.1) is 5.56 Å². The largest absolute Gasteiger partial charge is 0.367 e. The van der Waals surface area contributed by atoms with Crippen molar-refractivity contribution in [1.82, 2.24) is 4.98 Å². The molecule has 1 aromatic rings. The lowest BCUT2D eigenvalue weighted by atomic mass is 10.3. The lowest BCUT2D eigenvalue weighted by Gasteiger charge is -2.01. The maximum absolute atomic E-state index is 10.7. The first-order valence-electron chi connectivity index (χ1n) is 3.84. The van der Waals surface area contributed by atoms with Gasteiger partial charge in [-0.1, -0.05) is 6.08 Å². The third-order valence-corrected chi connectivity index (χ3v) is 1.48. The van der Waals surface area contributed by atoms with Crippen LogP contribution in [0.4, 0.5) is 5.82 Å². The SMILES string of the molecule is C=CCNc1ccc(C(N)=O)cn1. The fourth-order valence-electron chi connectivity index (χ4n) is 0.821. The third kappa shape index (κ3) is 2.59. The number of nitrogens with zero attached hydrogens (tertiary/aromatic N) is 1. The highest BCUT2D eigenvalue weighted by atomic mass is 16.1. The molecule has 4 heteroatoms. The zero-order chi connectivity index (χ0) is 9.68. The van der Waals surface area contributed by atoms with E-state index in [1.807, 2.05) is 0 Å². The molecule has 0 aliphatic heterocycles. The van der Waals surface area contributed by atoms with E-state index in [1.165, 1.54) is 6.20 Å². The van der Waals surface area contributed by atoms with Crippen molar-refractivity contribution in [2.45, 2.75) is 0 Å². The Kier molecular flexibility index (Phi) is 3.03. The van der Waals surface area contributed by atoms with Crippen LogP contribution in [0.5, 0.6) is 0 Å². The van der Waals surface area contributed by atoms with Crippen LogP contribution in [0.1, 0.15) is 10.4 Å². The predicted octanol–water partition coefficient (Wildman–Crippen LogP) is 0.778. The fraction of sp³-hybridized carbons (Fsp3) is 0.111. The Labute approximate surface area is 76.5 Å². The Morgan fingerprint density at radius 3 is 2.92 bits per heavy atom. The van der Waals surface area contributed by atoms with Gasteiger partial charge in [-0.05, 0) is 12.1 Å². The number of hydrogen-bond acceptors (Lipinski definition) is 3. The molecule has 0 radical (unpaired) electrons. The third-order valence-electron chi connectivity index (χ3n) is 1.48. The minimum Gasteiger partial charge on any atom is -0.367 e. The van der Waals surface area contributed by atoms with Crippen LogP contribution in [0, 0.1) is 0 Å². The zero-order valence-electron chi connectivity index (χ0n) is 7.16. The molecule has 0 spiro atoms. The van der Waals surface area contributed by atoms with Gasteiger partial charge in [0.2, 0.25) is 5.91 Å². The maximum atomic E-state index is 10.7. The lowest BCUT2D eigenvalue weighted by Crippen LogP contribution is -2.11. The second kappa shape index (κ2) is 4.25. The molecule has 0 aliphatic rings. The first-order valence-corrected chi connectivity index (χ1v) is 3.84. The molecule has 0 atom stereocenters. The highest BCUT2D eigenvalue weighted by Gasteiger charge is 1.99. The van der Waals surface area contributed by atoms with Gasteiger partial charge in [-0.15, -0.1) is 6.58 Å². The van der Waals surface area contributed by atoms with Crippen molar-refractivity contribution < 1.29 is 4.79 Å². The van der Waals surface area contributed by atoms with E-state index in [0.29, 0.717) is 17.9 Å². The average Bonchev–Trinajstić information content (AvgIpc) is 2.15. The minimum absolute atomic E-state index is 0.407. The normalized spacial score (nSPS) is 9.23. The molecule has 4 nitrogen and oxygen atoms in total. The standard InChI is InChI=1S/C9H11N3O/c1-2-5-11-8-4-3-7(6-12-8)9(10)13/h2-4,6H,1,5H2,(H2,10,13)(H,11,12). The van der Waals surface area contributed by atoms with Crippen molar-refractivity contribution in [3.05, 3.63) is 36.5 Å². The summed E-state index contributed by atoms with van der Waals surface area (Å²) in [6.45, 7) is 4.20. The fourth-order valence-corrected chi connectivity index (χ4v) is 0.821. The molecule has 13 heavy (non-hydrogen) atoms. The Bertz CT molecular complexity index is 305. The molecule has 0 unspecified atom stereocenters. The van der Waals surface area contributed by atoms with Gasteiger partial charge in [-0.3, -0.25) is 4.79 Å². The average molecular weight is 177 g/mol. The summed E-state index contributed by atoms with van der Waals surface area (Å²) in [5.74, 6) is 0.229.